The quantitative estimate of drug-likeness (QED) is 0.639. The van der Waals surface area contributed by atoms with E-state index in [1.54, 1.807) is 38.1 Å². The third-order valence-corrected chi connectivity index (χ3v) is 6.87. The van der Waals surface area contributed by atoms with Gasteiger partial charge < -0.3 is 19.5 Å². The van der Waals surface area contributed by atoms with Crippen LogP contribution in [-0.4, -0.2) is 51.3 Å². The Morgan fingerprint density at radius 1 is 1.18 bits per heavy atom. The zero-order valence-electron chi connectivity index (χ0n) is 18.6. The number of benzene rings is 1. The van der Waals surface area contributed by atoms with E-state index < -0.39 is 11.2 Å². The van der Waals surface area contributed by atoms with Crippen molar-refractivity contribution in [3.63, 3.8) is 0 Å². The average Bonchev–Trinajstić information content (AvgIpc) is 3.34. The van der Waals surface area contributed by atoms with E-state index in [0.29, 0.717) is 22.7 Å². The van der Waals surface area contributed by atoms with E-state index in [-0.39, 0.29) is 24.8 Å². The number of aromatic nitrogens is 1. The maximum Gasteiger partial charge on any atom is 0.338 e. The third kappa shape index (κ3) is 5.62. The van der Waals surface area contributed by atoms with Crippen molar-refractivity contribution in [2.24, 2.45) is 4.99 Å². The summed E-state index contributed by atoms with van der Waals surface area (Å²) in [6, 6.07) is 6.42. The number of carbonyl (C=O) groups is 3. The average molecular weight is 471 g/mol. The summed E-state index contributed by atoms with van der Waals surface area (Å²) in [6.45, 7) is 5.44. The van der Waals surface area contributed by atoms with Gasteiger partial charge in [-0.1, -0.05) is 16.9 Å². The van der Waals surface area contributed by atoms with E-state index in [1.165, 1.54) is 18.2 Å². The Labute approximate surface area is 195 Å². The molecule has 4 rings (SSSR count). The Kier molecular flexibility index (Phi) is 7.12. The van der Waals surface area contributed by atoms with Crippen LogP contribution in [0.2, 0.25) is 0 Å². The molecular formula is C23H26N4O5S. The molecule has 0 spiro atoms. The molecule has 33 heavy (non-hydrogen) atoms. The first-order valence-corrected chi connectivity index (χ1v) is 11.8. The highest BCUT2D eigenvalue weighted by molar-refractivity contribution is 8.15. The lowest BCUT2D eigenvalue weighted by Gasteiger charge is -2.27. The van der Waals surface area contributed by atoms with Crippen molar-refractivity contribution in [1.29, 1.82) is 0 Å². The van der Waals surface area contributed by atoms with E-state index in [2.05, 4.69) is 20.4 Å². The van der Waals surface area contributed by atoms with E-state index in [4.69, 9.17) is 9.26 Å². The molecular weight excluding hydrogens is 444 g/mol. The van der Waals surface area contributed by atoms with Gasteiger partial charge in [0.1, 0.15) is 17.6 Å². The first-order valence-electron chi connectivity index (χ1n) is 10.9. The summed E-state index contributed by atoms with van der Waals surface area (Å²) in [6.07, 6.45) is 3.45. The number of anilines is 1. The molecule has 174 valence electrons. The molecule has 0 bridgehead atoms. The molecule has 3 heterocycles. The monoisotopic (exact) mass is 470 g/mol. The van der Waals surface area contributed by atoms with Crippen molar-refractivity contribution in [1.82, 2.24) is 10.1 Å². The second kappa shape index (κ2) is 10.2. The highest BCUT2D eigenvalue weighted by atomic mass is 32.2. The number of thioether (sulfide) groups is 1. The fourth-order valence-corrected chi connectivity index (χ4v) is 4.85. The molecule has 1 atom stereocenters. The molecule has 1 N–H and O–H groups in total. The second-order valence-corrected chi connectivity index (χ2v) is 9.27. The molecule has 2 aliphatic heterocycles. The number of piperidine rings is 1. The topological polar surface area (TPSA) is 114 Å². The highest BCUT2D eigenvalue weighted by Crippen LogP contribution is 2.29. The normalized spacial score (nSPS) is 18.2. The SMILES string of the molecule is Cc1noc(C)c1COC(=O)c1ccc(NC(=O)CC2SC(N3CCCCC3)=NC2=O)cc1. The lowest BCUT2D eigenvalue weighted by molar-refractivity contribution is -0.121. The molecule has 2 amide bonds. The minimum absolute atomic E-state index is 0.0472. The van der Waals surface area contributed by atoms with Crippen molar-refractivity contribution < 1.29 is 23.6 Å². The first-order chi connectivity index (χ1) is 15.9. The second-order valence-electron chi connectivity index (χ2n) is 8.10. The van der Waals surface area contributed by atoms with Gasteiger partial charge in [0.25, 0.3) is 5.91 Å². The molecule has 0 saturated carbocycles. The van der Waals surface area contributed by atoms with Gasteiger partial charge in [-0.15, -0.1) is 0 Å². The van der Waals surface area contributed by atoms with Gasteiger partial charge in [0.05, 0.1) is 16.8 Å². The molecule has 1 unspecified atom stereocenters. The fourth-order valence-electron chi connectivity index (χ4n) is 3.73. The smallest absolute Gasteiger partial charge is 0.338 e. The van der Waals surface area contributed by atoms with Gasteiger partial charge in [0.15, 0.2) is 5.17 Å². The van der Waals surface area contributed by atoms with Crippen molar-refractivity contribution >= 4 is 40.4 Å². The maximum atomic E-state index is 12.5. The summed E-state index contributed by atoms with van der Waals surface area (Å²) in [4.78, 5) is 43.3. The number of hydrogen-bond acceptors (Lipinski definition) is 8. The molecule has 1 aromatic carbocycles. The maximum absolute atomic E-state index is 12.5. The van der Waals surface area contributed by atoms with E-state index in [0.717, 1.165) is 36.7 Å². The van der Waals surface area contributed by atoms with Crippen LogP contribution in [0.5, 0.6) is 0 Å². The molecule has 9 nitrogen and oxygen atoms in total. The number of ether oxygens (including phenoxy) is 1. The van der Waals surface area contributed by atoms with E-state index in [1.807, 2.05) is 0 Å². The number of nitrogens with zero attached hydrogens (tertiary/aromatic N) is 3. The zero-order chi connectivity index (χ0) is 23.4. The van der Waals surface area contributed by atoms with Gasteiger partial charge >= 0.3 is 5.97 Å². The van der Waals surface area contributed by atoms with Crippen LogP contribution >= 0.6 is 11.8 Å². The number of aliphatic imine (C=N–C) groups is 1. The first kappa shape index (κ1) is 23.0. The molecule has 10 heteroatoms. The summed E-state index contributed by atoms with van der Waals surface area (Å²) in [7, 11) is 0. The molecule has 0 aliphatic carbocycles. The summed E-state index contributed by atoms with van der Waals surface area (Å²) in [5.74, 6) is -0.397. The Hall–Kier alpha value is -3.14. The number of hydrogen-bond donors (Lipinski definition) is 1. The van der Waals surface area contributed by atoms with Crippen molar-refractivity contribution in [3.8, 4) is 0 Å². The highest BCUT2D eigenvalue weighted by Gasteiger charge is 2.33. The van der Waals surface area contributed by atoms with E-state index in [9.17, 15) is 14.4 Å². The summed E-state index contributed by atoms with van der Waals surface area (Å²) < 4.78 is 10.4. The van der Waals surface area contributed by atoms with Crippen LogP contribution in [0.4, 0.5) is 5.69 Å². The lowest BCUT2D eigenvalue weighted by Crippen LogP contribution is -2.33. The minimum Gasteiger partial charge on any atom is -0.457 e. The number of likely N-dealkylation sites (tertiary alicyclic amines) is 1. The third-order valence-electron chi connectivity index (χ3n) is 5.66. The number of amidine groups is 1. The number of aryl methyl sites for hydroxylation is 2. The summed E-state index contributed by atoms with van der Waals surface area (Å²) >= 11 is 1.37. The lowest BCUT2D eigenvalue weighted by atomic mass is 10.1. The predicted molar refractivity (Wildman–Crippen MR) is 124 cm³/mol. The number of carbonyl (C=O) groups excluding carboxylic acids is 3. The Morgan fingerprint density at radius 3 is 2.58 bits per heavy atom. The number of rotatable bonds is 6. The molecule has 2 aliphatic rings. The van der Waals surface area contributed by atoms with Gasteiger partial charge in [-0.2, -0.15) is 4.99 Å². The van der Waals surface area contributed by atoms with Crippen LogP contribution in [0, 0.1) is 13.8 Å². The van der Waals surface area contributed by atoms with Crippen LogP contribution in [0.1, 0.15) is 53.1 Å². The number of nitrogens with one attached hydrogen (secondary N) is 1. The van der Waals surface area contributed by atoms with Gasteiger partial charge in [-0.25, -0.2) is 4.79 Å². The van der Waals surface area contributed by atoms with Crippen molar-refractivity contribution in [2.45, 2.75) is 51.4 Å². The van der Waals surface area contributed by atoms with Crippen molar-refractivity contribution in [2.75, 3.05) is 18.4 Å². The van der Waals surface area contributed by atoms with Gasteiger partial charge in [0.2, 0.25) is 5.91 Å². The number of esters is 1. The predicted octanol–water partition coefficient (Wildman–Crippen LogP) is 3.46. The minimum atomic E-state index is -0.500. The van der Waals surface area contributed by atoms with Gasteiger partial charge in [0, 0.05) is 25.2 Å². The largest absolute Gasteiger partial charge is 0.457 e. The van der Waals surface area contributed by atoms with Gasteiger partial charge in [-0.3, -0.25) is 9.59 Å². The molecule has 1 saturated heterocycles. The summed E-state index contributed by atoms with van der Waals surface area (Å²) in [5, 5.41) is 6.85. The van der Waals surface area contributed by atoms with Crippen LogP contribution < -0.4 is 5.32 Å². The Bertz CT molecular complexity index is 1050. The Morgan fingerprint density at radius 2 is 1.91 bits per heavy atom. The standard InChI is InChI=1S/C23H26N4O5S/c1-14-18(15(2)32-26-14)13-31-22(30)16-6-8-17(9-7-16)24-20(28)12-19-21(29)25-23(33-19)27-10-4-3-5-11-27/h6-9,19H,3-5,10-13H2,1-2H3,(H,24,28). The molecule has 2 aromatic rings. The van der Waals surface area contributed by atoms with Crippen LogP contribution in [0.25, 0.3) is 0 Å². The van der Waals surface area contributed by atoms with Crippen LogP contribution in [0.15, 0.2) is 33.8 Å². The Balaban J connectivity index is 1.26. The van der Waals surface area contributed by atoms with Crippen molar-refractivity contribution in [3.05, 3.63) is 46.8 Å². The number of amides is 2. The van der Waals surface area contributed by atoms with Gasteiger partial charge in [-0.05, 0) is 57.4 Å². The molecule has 1 fully saturated rings. The zero-order valence-corrected chi connectivity index (χ0v) is 19.4. The molecule has 0 radical (unpaired) electrons. The molecule has 1 aromatic heterocycles. The fraction of sp³-hybridized carbons (Fsp3) is 0.435. The van der Waals surface area contributed by atoms with Crippen LogP contribution in [0.3, 0.4) is 0 Å². The van der Waals surface area contributed by atoms with Crippen LogP contribution in [-0.2, 0) is 20.9 Å². The van der Waals surface area contributed by atoms with E-state index >= 15 is 0 Å². The summed E-state index contributed by atoms with van der Waals surface area (Å²) in [5.41, 5.74) is 2.33.